The minimum atomic E-state index is -0.442. The van der Waals surface area contributed by atoms with Crippen molar-refractivity contribution in [1.82, 2.24) is 4.90 Å². The summed E-state index contributed by atoms with van der Waals surface area (Å²) in [6.45, 7) is 5.89. The fraction of sp³-hybridized carbons (Fsp3) is 0.300. The number of likely N-dealkylation sites (N-methyl/N-ethyl adjacent to an activating group) is 1. The first kappa shape index (κ1) is 20.1. The molecule has 0 radical (unpaired) electrons. The Bertz CT molecular complexity index is 790. The third-order valence-corrected chi connectivity index (χ3v) is 4.95. The molecule has 2 aromatic carbocycles. The summed E-state index contributed by atoms with van der Waals surface area (Å²) in [7, 11) is 1.76. The Labute approximate surface area is 162 Å². The van der Waals surface area contributed by atoms with Gasteiger partial charge in [-0.2, -0.15) is 0 Å². The molecule has 5 nitrogen and oxygen atoms in total. The Hall–Kier alpha value is -2.18. The second kappa shape index (κ2) is 8.96. The van der Waals surface area contributed by atoms with E-state index in [9.17, 15) is 9.59 Å². The lowest BCUT2D eigenvalue weighted by Crippen LogP contribution is -2.43. The molecule has 2 N–H and O–H groups in total. The quantitative estimate of drug-likeness (QED) is 0.747. The molecule has 0 bridgehead atoms. The lowest BCUT2D eigenvalue weighted by molar-refractivity contribution is -0.122. The maximum Gasteiger partial charge on any atom is 0.241 e. The third-order valence-electron chi connectivity index (χ3n) is 4.42. The predicted octanol–water partition coefficient (Wildman–Crippen LogP) is 3.96. The van der Waals surface area contributed by atoms with Crippen molar-refractivity contribution in [3.8, 4) is 0 Å². The average Bonchev–Trinajstić information content (AvgIpc) is 2.60. The predicted molar refractivity (Wildman–Crippen MR) is 109 cm³/mol. The van der Waals surface area contributed by atoms with Gasteiger partial charge < -0.3 is 10.6 Å². The number of anilines is 2. The highest BCUT2D eigenvalue weighted by Gasteiger charge is 2.20. The number of hydrogen-bond acceptors (Lipinski definition) is 3. The van der Waals surface area contributed by atoms with Gasteiger partial charge in [0.15, 0.2) is 0 Å². The number of halogens is 1. The van der Waals surface area contributed by atoms with Crippen LogP contribution in [-0.4, -0.2) is 36.3 Å². The molecule has 0 saturated carbocycles. The Balaban J connectivity index is 1.91. The minimum Gasteiger partial charge on any atom is -0.325 e. The largest absolute Gasteiger partial charge is 0.325 e. The van der Waals surface area contributed by atoms with E-state index in [4.69, 9.17) is 0 Å². The van der Waals surface area contributed by atoms with Gasteiger partial charge in [0.25, 0.3) is 0 Å². The summed E-state index contributed by atoms with van der Waals surface area (Å²) in [4.78, 5) is 26.4. The summed E-state index contributed by atoms with van der Waals surface area (Å²) >= 11 is 3.36. The molecular formula is C20H24BrN3O2. The van der Waals surface area contributed by atoms with Crippen LogP contribution in [0.1, 0.15) is 18.1 Å². The maximum atomic E-state index is 12.4. The standard InChI is InChI=1S/C20H24BrN3O2/c1-13-6-5-7-18(14(13)2)23-19(25)12-24(4)15(3)20(26)22-17-10-8-16(21)9-11-17/h5-11,15H,12H2,1-4H3,(H,22,26)(H,23,25)/t15-/m1/s1. The smallest absolute Gasteiger partial charge is 0.241 e. The summed E-state index contributed by atoms with van der Waals surface area (Å²) in [6.07, 6.45) is 0. The summed E-state index contributed by atoms with van der Waals surface area (Å²) < 4.78 is 0.948. The van der Waals surface area contributed by atoms with Crippen LogP contribution in [0.3, 0.4) is 0 Å². The molecule has 2 aromatic rings. The zero-order valence-corrected chi connectivity index (χ0v) is 17.1. The molecule has 2 amide bonds. The zero-order valence-electron chi connectivity index (χ0n) is 15.5. The Morgan fingerprint density at radius 1 is 1.08 bits per heavy atom. The van der Waals surface area contributed by atoms with Crippen LogP contribution in [0.25, 0.3) is 0 Å². The zero-order chi connectivity index (χ0) is 19.3. The van der Waals surface area contributed by atoms with Crippen LogP contribution in [0.2, 0.25) is 0 Å². The van der Waals surface area contributed by atoms with E-state index in [1.54, 1.807) is 18.9 Å². The maximum absolute atomic E-state index is 12.4. The molecule has 0 fully saturated rings. The fourth-order valence-corrected chi connectivity index (χ4v) is 2.68. The Morgan fingerprint density at radius 3 is 2.38 bits per heavy atom. The van der Waals surface area contributed by atoms with Gasteiger partial charge in [0.1, 0.15) is 0 Å². The van der Waals surface area contributed by atoms with Crippen LogP contribution >= 0.6 is 15.9 Å². The van der Waals surface area contributed by atoms with Gasteiger partial charge in [-0.1, -0.05) is 28.1 Å². The number of rotatable bonds is 6. The molecule has 0 aliphatic heterocycles. The first-order valence-electron chi connectivity index (χ1n) is 8.40. The number of amides is 2. The van der Waals surface area contributed by atoms with Gasteiger partial charge in [-0.05, 0) is 69.3 Å². The van der Waals surface area contributed by atoms with E-state index >= 15 is 0 Å². The van der Waals surface area contributed by atoms with Crippen molar-refractivity contribution < 1.29 is 9.59 Å². The van der Waals surface area contributed by atoms with Gasteiger partial charge >= 0.3 is 0 Å². The number of nitrogens with one attached hydrogen (secondary N) is 2. The lowest BCUT2D eigenvalue weighted by atomic mass is 10.1. The van der Waals surface area contributed by atoms with Crippen LogP contribution in [0.4, 0.5) is 11.4 Å². The highest BCUT2D eigenvalue weighted by Crippen LogP contribution is 2.18. The minimum absolute atomic E-state index is 0.127. The van der Waals surface area contributed by atoms with Crippen molar-refractivity contribution in [2.75, 3.05) is 24.2 Å². The van der Waals surface area contributed by atoms with Crippen LogP contribution in [0.5, 0.6) is 0 Å². The highest BCUT2D eigenvalue weighted by atomic mass is 79.9. The van der Waals surface area contributed by atoms with Gasteiger partial charge in [0, 0.05) is 15.8 Å². The number of carbonyl (C=O) groups is 2. The second-order valence-electron chi connectivity index (χ2n) is 6.38. The van der Waals surface area contributed by atoms with Crippen molar-refractivity contribution in [3.63, 3.8) is 0 Å². The molecule has 0 aliphatic rings. The molecule has 0 unspecified atom stereocenters. The SMILES string of the molecule is Cc1cccc(NC(=O)CN(C)[C@H](C)C(=O)Nc2ccc(Br)cc2)c1C. The molecule has 0 aliphatic carbocycles. The summed E-state index contributed by atoms with van der Waals surface area (Å²) in [5.41, 5.74) is 3.69. The van der Waals surface area contributed by atoms with E-state index in [0.29, 0.717) is 0 Å². The molecule has 26 heavy (non-hydrogen) atoms. The fourth-order valence-electron chi connectivity index (χ4n) is 2.42. The average molecular weight is 418 g/mol. The number of hydrogen-bond donors (Lipinski definition) is 2. The molecule has 2 rings (SSSR count). The van der Waals surface area contributed by atoms with Crippen molar-refractivity contribution in [2.45, 2.75) is 26.8 Å². The Kier molecular flexibility index (Phi) is 6.94. The van der Waals surface area contributed by atoms with Crippen molar-refractivity contribution in [2.24, 2.45) is 0 Å². The first-order valence-corrected chi connectivity index (χ1v) is 9.20. The molecule has 1 atom stereocenters. The number of carbonyl (C=O) groups excluding carboxylic acids is 2. The molecule has 0 aromatic heterocycles. The van der Waals surface area contributed by atoms with Gasteiger partial charge in [0.2, 0.25) is 11.8 Å². The van der Waals surface area contributed by atoms with E-state index in [0.717, 1.165) is 27.0 Å². The lowest BCUT2D eigenvalue weighted by Gasteiger charge is -2.23. The van der Waals surface area contributed by atoms with Crippen LogP contribution in [0, 0.1) is 13.8 Å². The topological polar surface area (TPSA) is 61.4 Å². The summed E-state index contributed by atoms with van der Waals surface area (Å²) in [5.74, 6) is -0.307. The van der Waals surface area contributed by atoms with Crippen LogP contribution in [0.15, 0.2) is 46.9 Å². The summed E-state index contributed by atoms with van der Waals surface area (Å²) in [6, 6.07) is 12.7. The second-order valence-corrected chi connectivity index (χ2v) is 7.30. The first-order chi connectivity index (χ1) is 12.3. The van der Waals surface area contributed by atoms with E-state index in [-0.39, 0.29) is 18.4 Å². The number of nitrogens with zero attached hydrogens (tertiary/aromatic N) is 1. The molecule has 6 heteroatoms. The molecular weight excluding hydrogens is 394 g/mol. The van der Waals surface area contributed by atoms with E-state index in [1.165, 1.54) is 0 Å². The van der Waals surface area contributed by atoms with Crippen molar-refractivity contribution in [3.05, 3.63) is 58.1 Å². The van der Waals surface area contributed by atoms with E-state index in [1.807, 2.05) is 56.3 Å². The van der Waals surface area contributed by atoms with Crippen LogP contribution < -0.4 is 10.6 Å². The van der Waals surface area contributed by atoms with Gasteiger partial charge in [0.05, 0.1) is 12.6 Å². The molecule has 0 heterocycles. The van der Waals surface area contributed by atoms with Crippen molar-refractivity contribution in [1.29, 1.82) is 0 Å². The number of benzene rings is 2. The summed E-state index contributed by atoms with van der Waals surface area (Å²) in [5, 5.41) is 5.77. The van der Waals surface area contributed by atoms with Crippen molar-refractivity contribution >= 4 is 39.1 Å². The molecule has 0 saturated heterocycles. The highest BCUT2D eigenvalue weighted by molar-refractivity contribution is 9.10. The van der Waals surface area contributed by atoms with Gasteiger partial charge in [-0.15, -0.1) is 0 Å². The van der Waals surface area contributed by atoms with E-state index in [2.05, 4.69) is 26.6 Å². The normalized spacial score (nSPS) is 11.9. The number of aryl methyl sites for hydroxylation is 1. The molecule has 138 valence electrons. The van der Waals surface area contributed by atoms with Gasteiger partial charge in [-0.25, -0.2) is 0 Å². The van der Waals surface area contributed by atoms with Gasteiger partial charge in [-0.3, -0.25) is 14.5 Å². The van der Waals surface area contributed by atoms with E-state index < -0.39 is 6.04 Å². The third kappa shape index (κ3) is 5.41. The monoisotopic (exact) mass is 417 g/mol. The van der Waals surface area contributed by atoms with Crippen LogP contribution in [-0.2, 0) is 9.59 Å². The molecule has 0 spiro atoms. The Morgan fingerprint density at radius 2 is 1.73 bits per heavy atom.